The van der Waals surface area contributed by atoms with Crippen LogP contribution in [0, 0.1) is 11.7 Å². The minimum absolute atomic E-state index is 0. The third-order valence-corrected chi connectivity index (χ3v) is 3.90. The van der Waals surface area contributed by atoms with Crippen LogP contribution < -0.4 is 5.73 Å². The predicted molar refractivity (Wildman–Crippen MR) is 81.6 cm³/mol. The third kappa shape index (κ3) is 4.40. The summed E-state index contributed by atoms with van der Waals surface area (Å²) in [7, 11) is 0. The van der Waals surface area contributed by atoms with Crippen LogP contribution in [-0.4, -0.2) is 35.0 Å². The molecular formula is C15H22ClFN2O2. The van der Waals surface area contributed by atoms with Crippen LogP contribution in [0.4, 0.5) is 4.39 Å². The van der Waals surface area contributed by atoms with Gasteiger partial charge in [-0.15, -0.1) is 12.4 Å². The van der Waals surface area contributed by atoms with Crippen LogP contribution >= 0.6 is 12.4 Å². The number of nitrogens with zero attached hydrogens (tertiary/aromatic N) is 1. The molecule has 0 spiro atoms. The van der Waals surface area contributed by atoms with Gasteiger partial charge in [-0.2, -0.15) is 0 Å². The Labute approximate surface area is 130 Å². The van der Waals surface area contributed by atoms with Gasteiger partial charge in [-0.1, -0.05) is 12.1 Å². The number of benzene rings is 1. The normalized spacial score (nSPS) is 18.8. The molecule has 0 bridgehead atoms. The molecule has 0 aliphatic carbocycles. The standard InChI is InChI=1S/C15H21FN2O2.ClH/c1-10(17)15(20)18-8-6-12(7-9-18)14(19)11-2-4-13(16)5-3-11;/h2-5,10,12,14,19H,6-9,17H2,1H3;1H/t10-,14?;/m1./s1. The van der Waals surface area contributed by atoms with Crippen LogP contribution in [0.2, 0.25) is 0 Å². The Kier molecular flexibility index (Phi) is 6.58. The van der Waals surface area contributed by atoms with E-state index >= 15 is 0 Å². The molecule has 1 heterocycles. The Morgan fingerprint density at radius 1 is 1.33 bits per heavy atom. The van der Waals surface area contributed by atoms with Crippen molar-refractivity contribution in [1.82, 2.24) is 4.90 Å². The molecule has 0 saturated carbocycles. The SMILES string of the molecule is C[C@@H](N)C(=O)N1CCC(C(O)c2ccc(F)cc2)CC1.Cl. The first-order valence-electron chi connectivity index (χ1n) is 6.97. The second kappa shape index (κ2) is 7.73. The van der Waals surface area contributed by atoms with Gasteiger partial charge in [0.25, 0.3) is 0 Å². The number of carbonyl (C=O) groups excluding carboxylic acids is 1. The summed E-state index contributed by atoms with van der Waals surface area (Å²) in [6.45, 7) is 2.91. The molecule has 1 aromatic carbocycles. The number of halogens is 2. The van der Waals surface area contributed by atoms with Crippen molar-refractivity contribution in [1.29, 1.82) is 0 Å². The first-order valence-corrected chi connectivity index (χ1v) is 6.97. The Morgan fingerprint density at radius 3 is 2.33 bits per heavy atom. The highest BCUT2D eigenvalue weighted by Gasteiger charge is 2.29. The van der Waals surface area contributed by atoms with Gasteiger partial charge in [0.1, 0.15) is 5.82 Å². The average molecular weight is 317 g/mol. The van der Waals surface area contributed by atoms with E-state index in [0.29, 0.717) is 13.1 Å². The average Bonchev–Trinajstić information content (AvgIpc) is 2.46. The van der Waals surface area contributed by atoms with Crippen molar-refractivity contribution in [3.8, 4) is 0 Å². The van der Waals surface area contributed by atoms with Crippen molar-refractivity contribution in [3.63, 3.8) is 0 Å². The number of piperidine rings is 1. The van der Waals surface area contributed by atoms with Gasteiger partial charge in [0, 0.05) is 13.1 Å². The highest BCUT2D eigenvalue weighted by atomic mass is 35.5. The summed E-state index contributed by atoms with van der Waals surface area (Å²) in [5.74, 6) is -0.254. The smallest absolute Gasteiger partial charge is 0.239 e. The molecule has 1 aliphatic heterocycles. The number of likely N-dealkylation sites (tertiary alicyclic amines) is 1. The zero-order valence-electron chi connectivity index (χ0n) is 12.0. The molecule has 1 fully saturated rings. The summed E-state index contributed by atoms with van der Waals surface area (Å²) < 4.78 is 12.9. The maximum atomic E-state index is 12.9. The Bertz CT molecular complexity index is 459. The summed E-state index contributed by atoms with van der Waals surface area (Å²) in [5, 5.41) is 10.3. The van der Waals surface area contributed by atoms with Crippen molar-refractivity contribution < 1.29 is 14.3 Å². The highest BCUT2D eigenvalue weighted by Crippen LogP contribution is 2.30. The number of hydrogen-bond donors (Lipinski definition) is 2. The van der Waals surface area contributed by atoms with E-state index in [1.807, 2.05) is 0 Å². The molecule has 1 aromatic rings. The fraction of sp³-hybridized carbons (Fsp3) is 0.533. The fourth-order valence-corrected chi connectivity index (χ4v) is 2.66. The van der Waals surface area contributed by atoms with Gasteiger partial charge in [-0.25, -0.2) is 4.39 Å². The van der Waals surface area contributed by atoms with E-state index < -0.39 is 12.1 Å². The molecule has 1 saturated heterocycles. The quantitative estimate of drug-likeness (QED) is 0.894. The zero-order chi connectivity index (χ0) is 14.7. The number of aliphatic hydroxyl groups excluding tert-OH is 1. The highest BCUT2D eigenvalue weighted by molar-refractivity contribution is 5.85. The molecule has 1 amide bonds. The lowest BCUT2D eigenvalue weighted by atomic mass is 9.87. The zero-order valence-corrected chi connectivity index (χ0v) is 12.9. The molecule has 2 atom stereocenters. The molecule has 3 N–H and O–H groups in total. The first kappa shape index (κ1) is 17.9. The summed E-state index contributed by atoms with van der Waals surface area (Å²) in [6, 6.07) is 5.45. The van der Waals surface area contributed by atoms with E-state index in [1.165, 1.54) is 12.1 Å². The van der Waals surface area contributed by atoms with Crippen LogP contribution in [0.5, 0.6) is 0 Å². The van der Waals surface area contributed by atoms with E-state index in [4.69, 9.17) is 5.73 Å². The van der Waals surface area contributed by atoms with Crippen molar-refractivity contribution in [3.05, 3.63) is 35.6 Å². The minimum Gasteiger partial charge on any atom is -0.388 e. The van der Waals surface area contributed by atoms with E-state index in [0.717, 1.165) is 18.4 Å². The monoisotopic (exact) mass is 316 g/mol. The maximum Gasteiger partial charge on any atom is 0.239 e. The van der Waals surface area contributed by atoms with E-state index in [9.17, 15) is 14.3 Å². The molecule has 118 valence electrons. The number of hydrogen-bond acceptors (Lipinski definition) is 3. The van der Waals surface area contributed by atoms with Crippen LogP contribution in [0.15, 0.2) is 24.3 Å². The lowest BCUT2D eigenvalue weighted by Crippen LogP contribution is -2.46. The van der Waals surface area contributed by atoms with Crippen LogP contribution in [-0.2, 0) is 4.79 Å². The Hall–Kier alpha value is -1.17. The van der Waals surface area contributed by atoms with Gasteiger partial charge in [0.15, 0.2) is 0 Å². The van der Waals surface area contributed by atoms with Crippen LogP contribution in [0.1, 0.15) is 31.4 Å². The summed E-state index contributed by atoms with van der Waals surface area (Å²) >= 11 is 0. The topological polar surface area (TPSA) is 66.6 Å². The van der Waals surface area contributed by atoms with E-state index in [2.05, 4.69) is 0 Å². The third-order valence-electron chi connectivity index (χ3n) is 3.90. The van der Waals surface area contributed by atoms with Gasteiger partial charge in [0.2, 0.25) is 5.91 Å². The van der Waals surface area contributed by atoms with Crippen LogP contribution in [0.3, 0.4) is 0 Å². The Balaban J connectivity index is 0.00000220. The van der Waals surface area contributed by atoms with E-state index in [1.54, 1.807) is 24.0 Å². The molecule has 21 heavy (non-hydrogen) atoms. The molecule has 6 heteroatoms. The predicted octanol–water partition coefficient (Wildman–Crippen LogP) is 1.87. The molecule has 1 unspecified atom stereocenters. The summed E-state index contributed by atoms with van der Waals surface area (Å²) in [6.07, 6.45) is 0.858. The van der Waals surface area contributed by atoms with Gasteiger partial charge in [-0.3, -0.25) is 4.79 Å². The van der Waals surface area contributed by atoms with Gasteiger partial charge in [-0.05, 0) is 43.4 Å². The first-order chi connectivity index (χ1) is 9.49. The lowest BCUT2D eigenvalue weighted by Gasteiger charge is -2.35. The van der Waals surface area contributed by atoms with Crippen molar-refractivity contribution in [2.45, 2.75) is 31.9 Å². The largest absolute Gasteiger partial charge is 0.388 e. The molecule has 1 aliphatic rings. The molecule has 0 radical (unpaired) electrons. The second-order valence-corrected chi connectivity index (χ2v) is 5.45. The van der Waals surface area contributed by atoms with Gasteiger partial charge >= 0.3 is 0 Å². The fourth-order valence-electron chi connectivity index (χ4n) is 2.66. The molecule has 4 nitrogen and oxygen atoms in total. The number of amides is 1. The number of nitrogens with two attached hydrogens (primary N) is 1. The lowest BCUT2D eigenvalue weighted by molar-refractivity contribution is -0.134. The Morgan fingerprint density at radius 2 is 1.86 bits per heavy atom. The van der Waals surface area contributed by atoms with Gasteiger partial charge < -0.3 is 15.7 Å². The van der Waals surface area contributed by atoms with E-state index in [-0.39, 0.29) is 30.0 Å². The molecule has 2 rings (SSSR count). The van der Waals surface area contributed by atoms with Gasteiger partial charge in [0.05, 0.1) is 12.1 Å². The molecular weight excluding hydrogens is 295 g/mol. The summed E-state index contributed by atoms with van der Waals surface area (Å²) in [4.78, 5) is 13.5. The van der Waals surface area contributed by atoms with Crippen LogP contribution in [0.25, 0.3) is 0 Å². The van der Waals surface area contributed by atoms with Crippen molar-refractivity contribution >= 4 is 18.3 Å². The molecule has 0 aromatic heterocycles. The summed E-state index contributed by atoms with van der Waals surface area (Å²) in [5.41, 5.74) is 6.32. The second-order valence-electron chi connectivity index (χ2n) is 5.45. The van der Waals surface area contributed by atoms with Crippen molar-refractivity contribution in [2.24, 2.45) is 11.7 Å². The minimum atomic E-state index is -0.608. The number of rotatable bonds is 3. The number of carbonyl (C=O) groups is 1. The maximum absolute atomic E-state index is 12.9. The van der Waals surface area contributed by atoms with Crippen molar-refractivity contribution in [2.75, 3.05) is 13.1 Å². The number of aliphatic hydroxyl groups is 1.